The van der Waals surface area contributed by atoms with E-state index in [4.69, 9.17) is 10.5 Å². The minimum Gasteiger partial charge on any atom is -0.446 e. The molecular formula is C9H17NO3. The van der Waals surface area contributed by atoms with E-state index in [9.17, 15) is 9.90 Å². The summed E-state index contributed by atoms with van der Waals surface area (Å²) in [6.07, 6.45) is 3.04. The van der Waals surface area contributed by atoms with Crippen molar-refractivity contribution in [2.24, 2.45) is 5.73 Å². The number of hydrogen-bond donors (Lipinski definition) is 2. The van der Waals surface area contributed by atoms with Crippen LogP contribution in [0.3, 0.4) is 0 Å². The number of hydrogen-bond acceptors (Lipinski definition) is 3. The van der Waals surface area contributed by atoms with E-state index in [1.54, 1.807) is 0 Å². The lowest BCUT2D eigenvalue weighted by atomic mass is 9.74. The van der Waals surface area contributed by atoms with Gasteiger partial charge in [-0.2, -0.15) is 0 Å². The monoisotopic (exact) mass is 187 g/mol. The molecule has 3 N–H and O–H groups in total. The number of rotatable bonds is 4. The van der Waals surface area contributed by atoms with Gasteiger partial charge in [0.05, 0.1) is 5.60 Å². The Morgan fingerprint density at radius 2 is 2.31 bits per heavy atom. The maximum atomic E-state index is 10.3. The predicted molar refractivity (Wildman–Crippen MR) is 48.2 cm³/mol. The van der Waals surface area contributed by atoms with E-state index in [0.717, 1.165) is 19.3 Å². The third-order valence-electron chi connectivity index (χ3n) is 2.49. The van der Waals surface area contributed by atoms with Crippen LogP contribution in [0.1, 0.15) is 39.0 Å². The van der Waals surface area contributed by atoms with E-state index in [0.29, 0.717) is 12.8 Å². The summed E-state index contributed by atoms with van der Waals surface area (Å²) in [5, 5.41) is 9.79. The van der Waals surface area contributed by atoms with Crippen molar-refractivity contribution in [3.05, 3.63) is 0 Å². The molecular weight excluding hydrogens is 170 g/mol. The molecule has 0 heterocycles. The van der Waals surface area contributed by atoms with E-state index < -0.39 is 11.7 Å². The van der Waals surface area contributed by atoms with Crippen LogP contribution in [0.4, 0.5) is 4.79 Å². The van der Waals surface area contributed by atoms with E-state index >= 15 is 0 Å². The van der Waals surface area contributed by atoms with Gasteiger partial charge in [0.15, 0.2) is 0 Å². The van der Waals surface area contributed by atoms with Gasteiger partial charge in [-0.05, 0) is 6.42 Å². The Morgan fingerprint density at radius 3 is 2.77 bits per heavy atom. The lowest BCUT2D eigenvalue weighted by Gasteiger charge is -2.42. The predicted octanol–water partition coefficient (Wildman–Crippen LogP) is 1.17. The van der Waals surface area contributed by atoms with Gasteiger partial charge >= 0.3 is 6.09 Å². The number of primary amides is 1. The highest BCUT2D eigenvalue weighted by Gasteiger charge is 2.43. The van der Waals surface area contributed by atoms with Gasteiger partial charge in [0.2, 0.25) is 0 Å². The molecule has 0 saturated heterocycles. The lowest BCUT2D eigenvalue weighted by Crippen LogP contribution is -2.49. The normalized spacial score (nSPS) is 32.3. The van der Waals surface area contributed by atoms with Gasteiger partial charge in [-0.1, -0.05) is 19.8 Å². The van der Waals surface area contributed by atoms with Crippen LogP contribution in [-0.2, 0) is 4.74 Å². The molecule has 1 saturated carbocycles. The minimum absolute atomic E-state index is 0.167. The van der Waals surface area contributed by atoms with Crippen molar-refractivity contribution in [3.63, 3.8) is 0 Å². The maximum Gasteiger partial charge on any atom is 0.404 e. The van der Waals surface area contributed by atoms with Crippen LogP contribution in [0.15, 0.2) is 0 Å². The SMILES string of the molecule is CCCCC1(O)CC(OC(N)=O)C1. The standard InChI is InChI=1S/C9H17NO3/c1-2-3-4-9(12)5-7(6-9)13-8(10)11/h7,12H,2-6H2,1H3,(H2,10,11). The highest BCUT2D eigenvalue weighted by atomic mass is 16.6. The first-order valence-electron chi connectivity index (χ1n) is 4.74. The maximum absolute atomic E-state index is 10.3. The Balaban J connectivity index is 2.18. The van der Waals surface area contributed by atoms with Crippen molar-refractivity contribution in [2.75, 3.05) is 0 Å². The van der Waals surface area contributed by atoms with Crippen LogP contribution in [0.2, 0.25) is 0 Å². The average molecular weight is 187 g/mol. The highest BCUT2D eigenvalue weighted by molar-refractivity contribution is 5.64. The fraction of sp³-hybridized carbons (Fsp3) is 0.889. The van der Waals surface area contributed by atoms with Gasteiger partial charge in [-0.25, -0.2) is 4.79 Å². The summed E-state index contributed by atoms with van der Waals surface area (Å²) in [5.41, 5.74) is 4.25. The van der Waals surface area contributed by atoms with Crippen LogP contribution in [-0.4, -0.2) is 22.9 Å². The van der Waals surface area contributed by atoms with Crippen molar-refractivity contribution >= 4 is 6.09 Å². The molecule has 1 fully saturated rings. The molecule has 1 aliphatic carbocycles. The molecule has 0 atom stereocenters. The molecule has 0 radical (unpaired) electrons. The second-order valence-electron chi connectivity index (χ2n) is 3.80. The summed E-state index contributed by atoms with van der Waals surface area (Å²) in [6, 6.07) is 0. The second kappa shape index (κ2) is 3.96. The molecule has 0 bridgehead atoms. The summed E-state index contributed by atoms with van der Waals surface area (Å²) in [7, 11) is 0. The summed E-state index contributed by atoms with van der Waals surface area (Å²) < 4.78 is 4.74. The van der Waals surface area contributed by atoms with Gasteiger partial charge < -0.3 is 15.6 Å². The first kappa shape index (κ1) is 10.3. The fourth-order valence-corrected chi connectivity index (χ4v) is 1.75. The molecule has 1 aliphatic rings. The smallest absolute Gasteiger partial charge is 0.404 e. The Kier molecular flexibility index (Phi) is 3.14. The second-order valence-corrected chi connectivity index (χ2v) is 3.80. The Morgan fingerprint density at radius 1 is 1.69 bits per heavy atom. The number of nitrogens with two attached hydrogens (primary N) is 1. The molecule has 0 unspecified atom stereocenters. The van der Waals surface area contributed by atoms with Crippen LogP contribution >= 0.6 is 0 Å². The van der Waals surface area contributed by atoms with Gasteiger partial charge in [0.1, 0.15) is 6.10 Å². The van der Waals surface area contributed by atoms with Crippen LogP contribution in [0.25, 0.3) is 0 Å². The highest BCUT2D eigenvalue weighted by Crippen LogP contribution is 2.38. The topological polar surface area (TPSA) is 72.6 Å². The molecule has 4 heteroatoms. The van der Waals surface area contributed by atoms with Crippen LogP contribution in [0.5, 0.6) is 0 Å². The molecule has 0 aliphatic heterocycles. The molecule has 13 heavy (non-hydrogen) atoms. The third kappa shape index (κ3) is 2.88. The lowest BCUT2D eigenvalue weighted by molar-refractivity contribution is -0.119. The van der Waals surface area contributed by atoms with Gasteiger partial charge in [-0.15, -0.1) is 0 Å². The average Bonchev–Trinajstić information content (AvgIpc) is 1.97. The number of carbonyl (C=O) groups is 1. The van der Waals surface area contributed by atoms with Crippen molar-refractivity contribution < 1.29 is 14.6 Å². The zero-order valence-corrected chi connectivity index (χ0v) is 7.95. The quantitative estimate of drug-likeness (QED) is 0.693. The van der Waals surface area contributed by atoms with Gasteiger partial charge in [0.25, 0.3) is 0 Å². The Bertz CT molecular complexity index is 187. The van der Waals surface area contributed by atoms with Gasteiger partial charge in [0, 0.05) is 12.8 Å². The summed E-state index contributed by atoms with van der Waals surface area (Å²) >= 11 is 0. The summed E-state index contributed by atoms with van der Waals surface area (Å²) in [4.78, 5) is 10.3. The largest absolute Gasteiger partial charge is 0.446 e. The minimum atomic E-state index is -0.748. The molecule has 0 aromatic heterocycles. The summed E-state index contributed by atoms with van der Waals surface area (Å²) in [5.74, 6) is 0. The third-order valence-corrected chi connectivity index (χ3v) is 2.49. The number of ether oxygens (including phenoxy) is 1. The van der Waals surface area contributed by atoms with Crippen molar-refractivity contribution in [1.29, 1.82) is 0 Å². The van der Waals surface area contributed by atoms with E-state index in [1.165, 1.54) is 0 Å². The number of aliphatic hydroxyl groups is 1. The first-order valence-corrected chi connectivity index (χ1v) is 4.74. The van der Waals surface area contributed by atoms with E-state index in [2.05, 4.69) is 6.92 Å². The molecule has 76 valence electrons. The molecule has 0 aromatic carbocycles. The van der Waals surface area contributed by atoms with E-state index in [1.807, 2.05) is 0 Å². The molecule has 1 rings (SSSR count). The number of amides is 1. The Labute approximate surface area is 78.1 Å². The van der Waals surface area contributed by atoms with Crippen molar-refractivity contribution in [1.82, 2.24) is 0 Å². The number of carbonyl (C=O) groups excluding carboxylic acids is 1. The first-order chi connectivity index (χ1) is 6.06. The zero-order chi connectivity index (χ0) is 9.90. The zero-order valence-electron chi connectivity index (χ0n) is 7.95. The molecule has 0 spiro atoms. The molecule has 4 nitrogen and oxygen atoms in total. The molecule has 0 aromatic rings. The fourth-order valence-electron chi connectivity index (χ4n) is 1.75. The van der Waals surface area contributed by atoms with Crippen molar-refractivity contribution in [2.45, 2.75) is 50.7 Å². The Hall–Kier alpha value is -0.770. The number of unbranched alkanes of at least 4 members (excludes halogenated alkanes) is 1. The summed E-state index contributed by atoms with van der Waals surface area (Å²) in [6.45, 7) is 2.08. The van der Waals surface area contributed by atoms with Crippen LogP contribution in [0, 0.1) is 0 Å². The van der Waals surface area contributed by atoms with E-state index in [-0.39, 0.29) is 6.10 Å². The van der Waals surface area contributed by atoms with Gasteiger partial charge in [-0.3, -0.25) is 0 Å². The van der Waals surface area contributed by atoms with Crippen molar-refractivity contribution in [3.8, 4) is 0 Å². The van der Waals surface area contributed by atoms with Crippen LogP contribution < -0.4 is 5.73 Å². The molecule has 1 amide bonds.